The molecule has 0 fully saturated rings. The second-order valence-electron chi connectivity index (χ2n) is 5.78. The molecule has 0 radical (unpaired) electrons. The standard InChI is InChI=1S/C18H18BrN3OS/c1-12-7-8-14(13(19)9-12)20-17(23)10-22(2)11-18-21-15-5-3-4-6-16(15)24-18/h3-9H,10-11H2,1-2H3,(H,20,23). The van der Waals surface area contributed by atoms with Gasteiger partial charge in [-0.1, -0.05) is 18.2 Å². The molecule has 24 heavy (non-hydrogen) atoms. The number of hydrogen-bond donors (Lipinski definition) is 1. The highest BCUT2D eigenvalue weighted by Gasteiger charge is 2.11. The number of halogens is 1. The monoisotopic (exact) mass is 403 g/mol. The Bertz CT molecular complexity index is 845. The van der Waals surface area contributed by atoms with Crippen LogP contribution >= 0.6 is 27.3 Å². The quantitative estimate of drug-likeness (QED) is 0.684. The molecule has 3 aromatic rings. The van der Waals surface area contributed by atoms with E-state index in [0.29, 0.717) is 13.1 Å². The molecule has 0 aliphatic rings. The molecule has 0 saturated heterocycles. The normalized spacial score (nSPS) is 11.2. The number of carbonyl (C=O) groups excluding carboxylic acids is 1. The van der Waals surface area contributed by atoms with Crippen LogP contribution in [0.4, 0.5) is 5.69 Å². The summed E-state index contributed by atoms with van der Waals surface area (Å²) in [5, 5.41) is 3.95. The Morgan fingerprint density at radius 3 is 2.83 bits per heavy atom. The van der Waals surface area contributed by atoms with Crippen LogP contribution in [0.25, 0.3) is 10.2 Å². The topological polar surface area (TPSA) is 45.2 Å². The average Bonchev–Trinajstić information content (AvgIpc) is 2.91. The maximum Gasteiger partial charge on any atom is 0.238 e. The molecule has 0 spiro atoms. The molecule has 0 aliphatic heterocycles. The first-order valence-corrected chi connectivity index (χ1v) is 9.21. The number of aromatic nitrogens is 1. The molecule has 124 valence electrons. The Labute approximate surface area is 153 Å². The first-order chi connectivity index (χ1) is 11.5. The van der Waals surface area contributed by atoms with Crippen LogP contribution in [0.1, 0.15) is 10.6 Å². The molecule has 3 rings (SSSR count). The number of thiazole rings is 1. The summed E-state index contributed by atoms with van der Waals surface area (Å²) in [5.74, 6) is -0.0387. The lowest BCUT2D eigenvalue weighted by atomic mass is 10.2. The molecule has 0 saturated carbocycles. The summed E-state index contributed by atoms with van der Waals surface area (Å²) in [7, 11) is 1.93. The van der Waals surface area contributed by atoms with Crippen molar-refractivity contribution in [1.82, 2.24) is 9.88 Å². The molecule has 2 aromatic carbocycles. The zero-order chi connectivity index (χ0) is 17.1. The Morgan fingerprint density at radius 2 is 2.08 bits per heavy atom. The van der Waals surface area contributed by atoms with Crippen molar-refractivity contribution >= 4 is 49.1 Å². The zero-order valence-electron chi connectivity index (χ0n) is 13.5. The number of benzene rings is 2. The Morgan fingerprint density at radius 1 is 1.29 bits per heavy atom. The minimum Gasteiger partial charge on any atom is -0.324 e. The largest absolute Gasteiger partial charge is 0.324 e. The van der Waals surface area contributed by atoms with Crippen LogP contribution in [-0.4, -0.2) is 29.4 Å². The molecule has 1 heterocycles. The number of carbonyl (C=O) groups is 1. The van der Waals surface area contributed by atoms with Gasteiger partial charge in [-0.2, -0.15) is 0 Å². The van der Waals surface area contributed by atoms with Gasteiger partial charge in [-0.15, -0.1) is 11.3 Å². The molecule has 4 nitrogen and oxygen atoms in total. The number of para-hydroxylation sites is 1. The van der Waals surface area contributed by atoms with E-state index < -0.39 is 0 Å². The minimum absolute atomic E-state index is 0.0387. The van der Waals surface area contributed by atoms with E-state index in [0.717, 1.165) is 26.2 Å². The molecule has 6 heteroatoms. The maximum absolute atomic E-state index is 12.2. The fraction of sp³-hybridized carbons (Fsp3) is 0.222. The third-order valence-corrected chi connectivity index (χ3v) is 5.23. The van der Waals surface area contributed by atoms with Gasteiger partial charge in [0.05, 0.1) is 29.0 Å². The van der Waals surface area contributed by atoms with Gasteiger partial charge in [0.25, 0.3) is 0 Å². The number of aryl methyl sites for hydroxylation is 1. The number of nitrogens with one attached hydrogen (secondary N) is 1. The Balaban J connectivity index is 1.59. The van der Waals surface area contributed by atoms with Crippen molar-refractivity contribution in [2.75, 3.05) is 18.9 Å². The number of likely N-dealkylation sites (N-methyl/N-ethyl adjacent to an activating group) is 1. The number of nitrogens with zero attached hydrogens (tertiary/aromatic N) is 2. The van der Waals surface area contributed by atoms with Crippen LogP contribution in [0.15, 0.2) is 46.9 Å². The highest BCUT2D eigenvalue weighted by Crippen LogP contribution is 2.24. The van der Waals surface area contributed by atoms with E-state index in [1.54, 1.807) is 11.3 Å². The van der Waals surface area contributed by atoms with Crippen LogP contribution in [-0.2, 0) is 11.3 Å². The van der Waals surface area contributed by atoms with Crippen LogP contribution in [0.3, 0.4) is 0 Å². The summed E-state index contributed by atoms with van der Waals surface area (Å²) in [5.41, 5.74) is 2.95. The van der Waals surface area contributed by atoms with Gasteiger partial charge in [0, 0.05) is 4.47 Å². The summed E-state index contributed by atoms with van der Waals surface area (Å²) < 4.78 is 2.07. The summed E-state index contributed by atoms with van der Waals surface area (Å²) >= 11 is 5.15. The smallest absolute Gasteiger partial charge is 0.238 e. The van der Waals surface area contributed by atoms with Gasteiger partial charge >= 0.3 is 0 Å². The van der Waals surface area contributed by atoms with Gasteiger partial charge in [-0.05, 0) is 59.7 Å². The molecule has 1 aromatic heterocycles. The van der Waals surface area contributed by atoms with Gasteiger partial charge in [0.2, 0.25) is 5.91 Å². The summed E-state index contributed by atoms with van der Waals surface area (Å²) in [6.45, 7) is 2.99. The third kappa shape index (κ3) is 4.20. The molecule has 1 amide bonds. The first kappa shape index (κ1) is 17.1. The predicted molar refractivity (Wildman–Crippen MR) is 103 cm³/mol. The highest BCUT2D eigenvalue weighted by atomic mass is 79.9. The average molecular weight is 404 g/mol. The maximum atomic E-state index is 12.2. The second kappa shape index (κ2) is 7.42. The molecule has 0 aliphatic carbocycles. The van der Waals surface area contributed by atoms with E-state index >= 15 is 0 Å². The van der Waals surface area contributed by atoms with Gasteiger partial charge in [0.15, 0.2) is 0 Å². The lowest BCUT2D eigenvalue weighted by Gasteiger charge is -2.15. The van der Waals surface area contributed by atoms with Crippen molar-refractivity contribution in [1.29, 1.82) is 0 Å². The van der Waals surface area contributed by atoms with Crippen molar-refractivity contribution in [3.05, 3.63) is 57.5 Å². The van der Waals surface area contributed by atoms with E-state index in [4.69, 9.17) is 0 Å². The van der Waals surface area contributed by atoms with Gasteiger partial charge in [-0.3, -0.25) is 9.69 Å². The lowest BCUT2D eigenvalue weighted by molar-refractivity contribution is -0.117. The van der Waals surface area contributed by atoms with Crippen LogP contribution in [0, 0.1) is 6.92 Å². The molecular weight excluding hydrogens is 386 g/mol. The predicted octanol–water partition coefficient (Wildman–Crippen LogP) is 4.44. The fourth-order valence-electron chi connectivity index (χ4n) is 2.43. The highest BCUT2D eigenvalue weighted by molar-refractivity contribution is 9.10. The SMILES string of the molecule is Cc1ccc(NC(=O)CN(C)Cc2nc3ccccc3s2)c(Br)c1. The Kier molecular flexibility index (Phi) is 5.28. The van der Waals surface area contributed by atoms with Crippen molar-refractivity contribution in [3.63, 3.8) is 0 Å². The molecule has 0 bridgehead atoms. The lowest BCUT2D eigenvalue weighted by Crippen LogP contribution is -2.29. The van der Waals surface area contributed by atoms with Crippen LogP contribution in [0.5, 0.6) is 0 Å². The number of anilines is 1. The summed E-state index contributed by atoms with van der Waals surface area (Å²) in [4.78, 5) is 18.8. The van der Waals surface area contributed by atoms with Crippen LogP contribution in [0.2, 0.25) is 0 Å². The van der Waals surface area contributed by atoms with Crippen molar-refractivity contribution in [2.45, 2.75) is 13.5 Å². The number of hydrogen-bond acceptors (Lipinski definition) is 4. The Hall–Kier alpha value is -1.76. The second-order valence-corrected chi connectivity index (χ2v) is 7.75. The number of amides is 1. The first-order valence-electron chi connectivity index (χ1n) is 7.60. The van der Waals surface area contributed by atoms with Crippen molar-refractivity contribution < 1.29 is 4.79 Å². The summed E-state index contributed by atoms with van der Waals surface area (Å²) in [6, 6.07) is 14.0. The van der Waals surface area contributed by atoms with Crippen molar-refractivity contribution in [2.24, 2.45) is 0 Å². The van der Waals surface area contributed by atoms with E-state index in [2.05, 4.69) is 32.3 Å². The zero-order valence-corrected chi connectivity index (χ0v) is 15.9. The fourth-order valence-corrected chi connectivity index (χ4v) is 4.07. The number of rotatable bonds is 5. The number of fused-ring (bicyclic) bond motifs is 1. The van der Waals surface area contributed by atoms with Gasteiger partial charge < -0.3 is 5.32 Å². The molecule has 1 N–H and O–H groups in total. The minimum atomic E-state index is -0.0387. The van der Waals surface area contributed by atoms with Crippen molar-refractivity contribution in [3.8, 4) is 0 Å². The summed E-state index contributed by atoms with van der Waals surface area (Å²) in [6.07, 6.45) is 0. The van der Waals surface area contributed by atoms with Crippen LogP contribution < -0.4 is 5.32 Å². The molecule has 0 atom stereocenters. The van der Waals surface area contributed by atoms with E-state index in [-0.39, 0.29) is 5.91 Å². The van der Waals surface area contributed by atoms with E-state index in [1.807, 2.05) is 55.3 Å². The van der Waals surface area contributed by atoms with Gasteiger partial charge in [0.1, 0.15) is 5.01 Å². The van der Waals surface area contributed by atoms with Gasteiger partial charge in [-0.25, -0.2) is 4.98 Å². The third-order valence-electron chi connectivity index (χ3n) is 3.56. The van der Waals surface area contributed by atoms with E-state index in [1.165, 1.54) is 4.70 Å². The van der Waals surface area contributed by atoms with E-state index in [9.17, 15) is 4.79 Å². The molecule has 0 unspecified atom stereocenters. The molecular formula is C18H18BrN3OS.